The van der Waals surface area contributed by atoms with Crippen LogP contribution in [0.4, 0.5) is 0 Å². The molecule has 2 aliphatic rings. The summed E-state index contributed by atoms with van der Waals surface area (Å²) in [4.78, 5) is 14.6. The van der Waals surface area contributed by atoms with Gasteiger partial charge < -0.3 is 10.0 Å². The van der Waals surface area contributed by atoms with Gasteiger partial charge in [0.15, 0.2) is 0 Å². The Bertz CT molecular complexity index is 488. The van der Waals surface area contributed by atoms with Crippen molar-refractivity contribution in [1.82, 2.24) is 14.7 Å². The first-order chi connectivity index (χ1) is 10.1. The zero-order valence-corrected chi connectivity index (χ0v) is 12.7. The Morgan fingerprint density at radius 3 is 3.10 bits per heavy atom. The minimum absolute atomic E-state index is 0.120. The van der Waals surface area contributed by atoms with Crippen LogP contribution in [0, 0.1) is 5.41 Å². The minimum atomic E-state index is -0.180. The maximum Gasteiger partial charge on any atom is 0.222 e. The van der Waals surface area contributed by atoms with Crippen molar-refractivity contribution in [2.45, 2.75) is 64.1 Å². The SMILES string of the molecule is C[C@@]12CCN(C(=O)CCCn3cccn3)[C@@H]1CC[C@@H](O)C2. The predicted octanol–water partition coefficient (Wildman–Crippen LogP) is 1.82. The number of nitrogens with zero attached hydrogens (tertiary/aromatic N) is 3. The number of carbonyl (C=O) groups is 1. The van der Waals surface area contributed by atoms with Crippen molar-refractivity contribution in [3.63, 3.8) is 0 Å². The Morgan fingerprint density at radius 2 is 2.33 bits per heavy atom. The maximum atomic E-state index is 12.5. The molecule has 3 atom stereocenters. The van der Waals surface area contributed by atoms with Gasteiger partial charge in [0.25, 0.3) is 0 Å². The number of aliphatic hydroxyl groups excluding tert-OH is 1. The Labute approximate surface area is 125 Å². The first-order valence-electron chi connectivity index (χ1n) is 8.03. The molecule has 1 aliphatic carbocycles. The highest BCUT2D eigenvalue weighted by Gasteiger charge is 2.48. The fourth-order valence-corrected chi connectivity index (χ4v) is 4.07. The quantitative estimate of drug-likeness (QED) is 0.920. The van der Waals surface area contributed by atoms with Gasteiger partial charge in [-0.1, -0.05) is 6.92 Å². The summed E-state index contributed by atoms with van der Waals surface area (Å²) in [6.45, 7) is 3.89. The van der Waals surface area contributed by atoms with Crippen LogP contribution in [0.3, 0.4) is 0 Å². The molecule has 0 spiro atoms. The number of hydrogen-bond acceptors (Lipinski definition) is 3. The van der Waals surface area contributed by atoms with E-state index in [0.717, 1.165) is 45.2 Å². The first kappa shape index (κ1) is 14.6. The lowest BCUT2D eigenvalue weighted by Crippen LogP contribution is -2.46. The average Bonchev–Trinajstić information content (AvgIpc) is 3.04. The Kier molecular flexibility index (Phi) is 4.02. The van der Waals surface area contributed by atoms with Gasteiger partial charge in [0, 0.05) is 37.9 Å². The summed E-state index contributed by atoms with van der Waals surface area (Å²) in [6, 6.07) is 2.24. The summed E-state index contributed by atoms with van der Waals surface area (Å²) in [7, 11) is 0. The van der Waals surface area contributed by atoms with Gasteiger partial charge in [0.1, 0.15) is 0 Å². The second-order valence-corrected chi connectivity index (χ2v) is 6.81. The third-order valence-corrected chi connectivity index (χ3v) is 5.24. The maximum absolute atomic E-state index is 12.5. The van der Waals surface area contributed by atoms with Gasteiger partial charge >= 0.3 is 0 Å². The lowest BCUT2D eigenvalue weighted by Gasteiger charge is -2.41. The number of amides is 1. The van der Waals surface area contributed by atoms with Crippen LogP contribution in [0.1, 0.15) is 45.4 Å². The topological polar surface area (TPSA) is 58.4 Å². The number of hydrogen-bond donors (Lipinski definition) is 1. The highest BCUT2D eigenvalue weighted by molar-refractivity contribution is 5.77. The second kappa shape index (κ2) is 5.79. The van der Waals surface area contributed by atoms with E-state index in [-0.39, 0.29) is 17.4 Å². The molecule has 0 bridgehead atoms. The largest absolute Gasteiger partial charge is 0.393 e. The van der Waals surface area contributed by atoms with Crippen molar-refractivity contribution in [2.24, 2.45) is 5.41 Å². The smallest absolute Gasteiger partial charge is 0.222 e. The fraction of sp³-hybridized carbons (Fsp3) is 0.750. The molecule has 1 amide bonds. The van der Waals surface area contributed by atoms with Crippen molar-refractivity contribution in [2.75, 3.05) is 6.54 Å². The molecule has 0 radical (unpaired) electrons. The van der Waals surface area contributed by atoms with E-state index in [0.29, 0.717) is 12.5 Å². The zero-order valence-electron chi connectivity index (χ0n) is 12.7. The van der Waals surface area contributed by atoms with E-state index >= 15 is 0 Å². The van der Waals surface area contributed by atoms with Crippen LogP contribution in [-0.2, 0) is 11.3 Å². The summed E-state index contributed by atoms with van der Waals surface area (Å²) in [6.07, 6.45) is 8.59. The number of aryl methyl sites for hydroxylation is 1. The van der Waals surface area contributed by atoms with E-state index in [4.69, 9.17) is 0 Å². The molecule has 21 heavy (non-hydrogen) atoms. The summed E-state index contributed by atoms with van der Waals surface area (Å²) in [5.41, 5.74) is 0.120. The van der Waals surface area contributed by atoms with E-state index in [2.05, 4.69) is 16.9 Å². The molecule has 1 aliphatic heterocycles. The molecule has 5 nitrogen and oxygen atoms in total. The molecule has 1 N–H and O–H groups in total. The Hall–Kier alpha value is -1.36. The molecule has 0 aromatic carbocycles. The Balaban J connectivity index is 1.53. The normalized spacial score (nSPS) is 32.2. The summed E-state index contributed by atoms with van der Waals surface area (Å²) < 4.78 is 1.87. The lowest BCUT2D eigenvalue weighted by molar-refractivity contribution is -0.134. The Morgan fingerprint density at radius 1 is 1.48 bits per heavy atom. The molecule has 5 heteroatoms. The first-order valence-corrected chi connectivity index (χ1v) is 8.03. The van der Waals surface area contributed by atoms with Gasteiger partial charge in [-0.3, -0.25) is 9.48 Å². The number of likely N-dealkylation sites (tertiary alicyclic amines) is 1. The minimum Gasteiger partial charge on any atom is -0.393 e. The number of aliphatic hydroxyl groups is 1. The van der Waals surface area contributed by atoms with Crippen LogP contribution in [0.15, 0.2) is 18.5 Å². The van der Waals surface area contributed by atoms with Crippen LogP contribution in [0.2, 0.25) is 0 Å². The lowest BCUT2D eigenvalue weighted by atomic mass is 9.71. The molecule has 0 unspecified atom stereocenters. The van der Waals surface area contributed by atoms with E-state index in [1.165, 1.54) is 0 Å². The third kappa shape index (κ3) is 2.98. The number of rotatable bonds is 4. The van der Waals surface area contributed by atoms with Gasteiger partial charge in [-0.05, 0) is 43.6 Å². The van der Waals surface area contributed by atoms with E-state index in [1.54, 1.807) is 6.20 Å². The highest BCUT2D eigenvalue weighted by atomic mass is 16.3. The average molecular weight is 291 g/mol. The van der Waals surface area contributed by atoms with Crippen LogP contribution in [0.5, 0.6) is 0 Å². The standard InChI is InChI=1S/C16H25N3O2/c1-16-7-11-19(14(16)6-5-13(20)12-16)15(21)4-2-9-18-10-3-8-17-18/h3,8,10,13-14,20H,2,4-7,9,11-12H2,1H3/t13-,14-,16+/m1/s1. The molecule has 1 saturated carbocycles. The van der Waals surface area contributed by atoms with Gasteiger partial charge in [0.05, 0.1) is 6.10 Å². The summed E-state index contributed by atoms with van der Waals surface area (Å²) in [5, 5.41) is 14.0. The monoisotopic (exact) mass is 291 g/mol. The van der Waals surface area contributed by atoms with Crippen LogP contribution >= 0.6 is 0 Å². The predicted molar refractivity (Wildman–Crippen MR) is 79.5 cm³/mol. The van der Waals surface area contributed by atoms with Crippen molar-refractivity contribution in [3.05, 3.63) is 18.5 Å². The van der Waals surface area contributed by atoms with Gasteiger partial charge in [0.2, 0.25) is 5.91 Å². The molecule has 3 rings (SSSR count). The van der Waals surface area contributed by atoms with Gasteiger partial charge in [-0.25, -0.2) is 0 Å². The van der Waals surface area contributed by atoms with E-state index in [9.17, 15) is 9.90 Å². The molecule has 2 heterocycles. The van der Waals surface area contributed by atoms with Gasteiger partial charge in [-0.15, -0.1) is 0 Å². The molecular formula is C16H25N3O2. The van der Waals surface area contributed by atoms with Crippen LogP contribution in [0.25, 0.3) is 0 Å². The summed E-state index contributed by atoms with van der Waals surface area (Å²) in [5.74, 6) is 0.271. The van der Waals surface area contributed by atoms with Crippen molar-refractivity contribution < 1.29 is 9.90 Å². The third-order valence-electron chi connectivity index (χ3n) is 5.24. The molecule has 2 fully saturated rings. The molecule has 1 aromatic heterocycles. The number of aromatic nitrogens is 2. The fourth-order valence-electron chi connectivity index (χ4n) is 4.07. The van der Waals surface area contributed by atoms with Crippen molar-refractivity contribution in [3.8, 4) is 0 Å². The number of fused-ring (bicyclic) bond motifs is 1. The van der Waals surface area contributed by atoms with Gasteiger partial charge in [-0.2, -0.15) is 5.10 Å². The zero-order chi connectivity index (χ0) is 14.9. The summed E-state index contributed by atoms with van der Waals surface area (Å²) >= 11 is 0. The van der Waals surface area contributed by atoms with E-state index < -0.39 is 0 Å². The van der Waals surface area contributed by atoms with Crippen LogP contribution in [-0.4, -0.2) is 44.4 Å². The molecular weight excluding hydrogens is 266 g/mol. The molecule has 116 valence electrons. The van der Waals surface area contributed by atoms with Crippen molar-refractivity contribution in [1.29, 1.82) is 0 Å². The highest BCUT2D eigenvalue weighted by Crippen LogP contribution is 2.46. The van der Waals surface area contributed by atoms with Crippen molar-refractivity contribution >= 4 is 5.91 Å². The molecule has 1 saturated heterocycles. The second-order valence-electron chi connectivity index (χ2n) is 6.81. The molecule has 1 aromatic rings. The van der Waals surface area contributed by atoms with E-state index in [1.807, 2.05) is 16.9 Å². The van der Waals surface area contributed by atoms with Crippen LogP contribution < -0.4 is 0 Å². The number of carbonyl (C=O) groups excluding carboxylic acids is 1.